The van der Waals surface area contributed by atoms with Gasteiger partial charge in [0.15, 0.2) is 5.13 Å². The maximum Gasteiger partial charge on any atom is 0.321 e. The van der Waals surface area contributed by atoms with Gasteiger partial charge in [0.2, 0.25) is 0 Å². The van der Waals surface area contributed by atoms with Crippen LogP contribution in [0.5, 0.6) is 0 Å². The van der Waals surface area contributed by atoms with Crippen LogP contribution < -0.4 is 10.6 Å². The molecular weight excluding hydrogens is 312 g/mol. The van der Waals surface area contributed by atoms with Crippen molar-refractivity contribution in [1.82, 2.24) is 15.2 Å². The molecule has 1 saturated heterocycles. The average Bonchev–Trinajstić information content (AvgIpc) is 2.94. The highest BCUT2D eigenvalue weighted by Gasteiger charge is 2.20. The first-order valence-corrected chi connectivity index (χ1v) is 9.36. The summed E-state index contributed by atoms with van der Waals surface area (Å²) >= 11 is 1.62. The van der Waals surface area contributed by atoms with Gasteiger partial charge in [0, 0.05) is 24.5 Å². The second-order valence-corrected chi connectivity index (χ2v) is 7.51. The topological polar surface area (TPSA) is 66.5 Å². The van der Waals surface area contributed by atoms with E-state index in [4.69, 9.17) is 4.74 Å². The summed E-state index contributed by atoms with van der Waals surface area (Å²) in [7, 11) is 0. The molecule has 1 aromatic heterocycles. The Labute approximate surface area is 141 Å². The smallest absolute Gasteiger partial charge is 0.321 e. The van der Waals surface area contributed by atoms with Gasteiger partial charge in [0.05, 0.1) is 18.9 Å². The molecule has 6 nitrogen and oxygen atoms in total. The van der Waals surface area contributed by atoms with Gasteiger partial charge in [-0.2, -0.15) is 0 Å². The van der Waals surface area contributed by atoms with E-state index in [1.54, 1.807) is 11.3 Å². The quantitative estimate of drug-likeness (QED) is 0.807. The number of urea groups is 1. The van der Waals surface area contributed by atoms with Gasteiger partial charge in [-0.15, -0.1) is 11.3 Å². The Kier molecular flexibility index (Phi) is 5.85. The molecule has 1 aliphatic carbocycles. The lowest BCUT2D eigenvalue weighted by atomic mass is 9.93. The molecule has 1 fully saturated rings. The molecule has 2 aliphatic rings. The van der Waals surface area contributed by atoms with Crippen LogP contribution in [-0.2, 0) is 17.6 Å². The van der Waals surface area contributed by atoms with E-state index in [0.717, 1.165) is 63.2 Å². The van der Waals surface area contributed by atoms with E-state index in [1.807, 2.05) is 0 Å². The zero-order valence-corrected chi connectivity index (χ0v) is 14.6. The first-order chi connectivity index (χ1) is 11.2. The van der Waals surface area contributed by atoms with Crippen molar-refractivity contribution in [3.63, 3.8) is 0 Å². The minimum absolute atomic E-state index is 0.147. The molecule has 1 atom stereocenters. The molecule has 7 heteroatoms. The minimum atomic E-state index is -0.147. The highest BCUT2D eigenvalue weighted by molar-refractivity contribution is 7.15. The largest absolute Gasteiger partial charge is 0.379 e. The van der Waals surface area contributed by atoms with Gasteiger partial charge < -0.3 is 10.1 Å². The van der Waals surface area contributed by atoms with Crippen molar-refractivity contribution in [1.29, 1.82) is 0 Å². The Balaban J connectivity index is 1.36. The monoisotopic (exact) mass is 338 g/mol. The van der Waals surface area contributed by atoms with Crippen LogP contribution in [0.3, 0.4) is 0 Å². The molecule has 0 saturated carbocycles. The number of amides is 2. The molecule has 0 bridgehead atoms. The minimum Gasteiger partial charge on any atom is -0.379 e. The van der Waals surface area contributed by atoms with E-state index in [0.29, 0.717) is 6.54 Å². The van der Waals surface area contributed by atoms with Crippen molar-refractivity contribution in [2.45, 2.75) is 32.6 Å². The number of carbonyl (C=O) groups excluding carboxylic acids is 1. The molecule has 3 rings (SSSR count). The summed E-state index contributed by atoms with van der Waals surface area (Å²) in [6.07, 6.45) is 4.29. The third-order valence-corrected chi connectivity index (χ3v) is 5.48. The molecule has 1 aromatic rings. The van der Waals surface area contributed by atoms with Crippen LogP contribution in [0, 0.1) is 5.92 Å². The van der Waals surface area contributed by atoms with Crippen molar-refractivity contribution in [3.05, 3.63) is 10.6 Å². The van der Waals surface area contributed by atoms with E-state index < -0.39 is 0 Å². The van der Waals surface area contributed by atoms with E-state index in [-0.39, 0.29) is 6.03 Å². The average molecular weight is 338 g/mol. The molecule has 0 radical (unpaired) electrons. The Morgan fingerprint density at radius 2 is 2.26 bits per heavy atom. The number of ether oxygens (including phenoxy) is 1. The number of aromatic nitrogens is 1. The molecule has 23 heavy (non-hydrogen) atoms. The lowest BCUT2D eigenvalue weighted by molar-refractivity contribution is 0.0375. The Bertz CT molecular complexity index is 528. The Morgan fingerprint density at radius 1 is 1.43 bits per heavy atom. The molecule has 1 unspecified atom stereocenters. The van der Waals surface area contributed by atoms with Gasteiger partial charge in [0.25, 0.3) is 0 Å². The van der Waals surface area contributed by atoms with Crippen LogP contribution in [0.4, 0.5) is 9.93 Å². The number of carbonyl (C=O) groups is 1. The predicted octanol–water partition coefficient (Wildman–Crippen LogP) is 2.11. The summed E-state index contributed by atoms with van der Waals surface area (Å²) in [5.41, 5.74) is 1.18. The molecule has 0 spiro atoms. The normalized spacial score (nSPS) is 21.7. The van der Waals surface area contributed by atoms with Gasteiger partial charge in [-0.05, 0) is 38.1 Å². The van der Waals surface area contributed by atoms with Crippen molar-refractivity contribution < 1.29 is 9.53 Å². The number of hydrogen-bond acceptors (Lipinski definition) is 5. The number of rotatable bonds is 5. The summed E-state index contributed by atoms with van der Waals surface area (Å²) in [5, 5.41) is 6.53. The highest BCUT2D eigenvalue weighted by Crippen LogP contribution is 2.31. The van der Waals surface area contributed by atoms with Crippen molar-refractivity contribution >= 4 is 22.5 Å². The summed E-state index contributed by atoms with van der Waals surface area (Å²) in [4.78, 5) is 20.2. The lowest BCUT2D eigenvalue weighted by Gasteiger charge is -2.26. The second kappa shape index (κ2) is 8.08. The fraction of sp³-hybridized carbons (Fsp3) is 0.750. The molecule has 2 heterocycles. The molecule has 2 amide bonds. The summed E-state index contributed by atoms with van der Waals surface area (Å²) in [5.74, 6) is 0.727. The van der Waals surface area contributed by atoms with Gasteiger partial charge in [-0.1, -0.05) is 6.92 Å². The van der Waals surface area contributed by atoms with E-state index >= 15 is 0 Å². The number of thiazole rings is 1. The summed E-state index contributed by atoms with van der Waals surface area (Å²) in [6.45, 7) is 7.60. The number of aryl methyl sites for hydroxylation is 1. The van der Waals surface area contributed by atoms with Crippen LogP contribution in [0.1, 0.15) is 30.3 Å². The fourth-order valence-corrected chi connectivity index (χ4v) is 4.23. The number of nitrogens with one attached hydrogen (secondary N) is 2. The van der Waals surface area contributed by atoms with Crippen LogP contribution in [0.2, 0.25) is 0 Å². The SMILES string of the molecule is CC1CCc2nc(NC(=O)NCCCN3CCOCC3)sc2C1. The van der Waals surface area contributed by atoms with Gasteiger partial charge in [0.1, 0.15) is 0 Å². The standard InChI is InChI=1S/C16H26N4O2S/c1-12-3-4-13-14(11-12)23-16(18-13)19-15(21)17-5-2-6-20-7-9-22-10-8-20/h12H,2-11H2,1H3,(H2,17,18,19,21). The first-order valence-electron chi connectivity index (χ1n) is 8.54. The Morgan fingerprint density at radius 3 is 3.09 bits per heavy atom. The third-order valence-electron chi connectivity index (χ3n) is 4.45. The predicted molar refractivity (Wildman–Crippen MR) is 92.2 cm³/mol. The van der Waals surface area contributed by atoms with Gasteiger partial charge in [-0.25, -0.2) is 9.78 Å². The number of anilines is 1. The molecule has 2 N–H and O–H groups in total. The van der Waals surface area contributed by atoms with Crippen LogP contribution >= 0.6 is 11.3 Å². The van der Waals surface area contributed by atoms with Gasteiger partial charge in [-0.3, -0.25) is 10.2 Å². The zero-order valence-electron chi connectivity index (χ0n) is 13.8. The highest BCUT2D eigenvalue weighted by atomic mass is 32.1. The lowest BCUT2D eigenvalue weighted by Crippen LogP contribution is -2.38. The van der Waals surface area contributed by atoms with E-state index in [1.165, 1.54) is 17.0 Å². The van der Waals surface area contributed by atoms with Crippen molar-refractivity contribution in [2.75, 3.05) is 44.7 Å². The first kappa shape index (κ1) is 16.7. The number of hydrogen-bond donors (Lipinski definition) is 2. The van der Waals surface area contributed by atoms with Crippen LogP contribution in [0.15, 0.2) is 0 Å². The van der Waals surface area contributed by atoms with Crippen LogP contribution in [-0.4, -0.2) is 55.3 Å². The maximum absolute atomic E-state index is 12.0. The number of fused-ring (bicyclic) bond motifs is 1. The fourth-order valence-electron chi connectivity index (χ4n) is 3.06. The molecule has 128 valence electrons. The maximum atomic E-state index is 12.0. The molecule has 0 aromatic carbocycles. The van der Waals surface area contributed by atoms with Crippen LogP contribution in [0.25, 0.3) is 0 Å². The van der Waals surface area contributed by atoms with Crippen molar-refractivity contribution in [2.24, 2.45) is 5.92 Å². The Hall–Kier alpha value is -1.18. The van der Waals surface area contributed by atoms with Crippen molar-refractivity contribution in [3.8, 4) is 0 Å². The summed E-state index contributed by atoms with van der Waals surface area (Å²) < 4.78 is 5.32. The molecular formula is C16H26N4O2S. The second-order valence-electron chi connectivity index (χ2n) is 6.43. The third kappa shape index (κ3) is 4.89. The summed E-state index contributed by atoms with van der Waals surface area (Å²) in [6, 6.07) is -0.147. The van der Waals surface area contributed by atoms with Gasteiger partial charge >= 0.3 is 6.03 Å². The number of nitrogens with zero attached hydrogens (tertiary/aromatic N) is 2. The zero-order chi connectivity index (χ0) is 16.1. The number of morpholine rings is 1. The van der Waals surface area contributed by atoms with E-state index in [9.17, 15) is 4.79 Å². The van der Waals surface area contributed by atoms with E-state index in [2.05, 4.69) is 27.4 Å². The molecule has 1 aliphatic heterocycles.